The number of anilines is 2. The number of hydrogen-bond acceptors (Lipinski definition) is 7. The molecule has 1 saturated heterocycles. The molecule has 1 aliphatic rings. The number of nitrogens with one attached hydrogen (secondary N) is 1. The van der Waals surface area contributed by atoms with Crippen molar-refractivity contribution in [3.63, 3.8) is 0 Å². The van der Waals surface area contributed by atoms with Crippen LogP contribution in [0.25, 0.3) is 22.4 Å². The molecule has 0 saturated carbocycles. The fourth-order valence-corrected chi connectivity index (χ4v) is 4.36. The summed E-state index contributed by atoms with van der Waals surface area (Å²) in [6.07, 6.45) is 0.373. The second-order valence-corrected chi connectivity index (χ2v) is 8.27. The van der Waals surface area contributed by atoms with Crippen LogP contribution in [0.4, 0.5) is 10.8 Å². The van der Waals surface area contributed by atoms with Crippen molar-refractivity contribution in [3.8, 4) is 17.2 Å². The second kappa shape index (κ2) is 8.51. The summed E-state index contributed by atoms with van der Waals surface area (Å²) >= 11 is 1.27. The third kappa shape index (κ3) is 4.10. The molecule has 9 heteroatoms. The summed E-state index contributed by atoms with van der Waals surface area (Å²) in [5.74, 6) is 0.442. The van der Waals surface area contributed by atoms with Crippen LogP contribution >= 0.6 is 11.3 Å². The van der Waals surface area contributed by atoms with Crippen LogP contribution in [0, 0.1) is 0 Å². The van der Waals surface area contributed by atoms with Gasteiger partial charge >= 0.3 is 0 Å². The molecule has 0 atom stereocenters. The van der Waals surface area contributed by atoms with Crippen LogP contribution in [0.2, 0.25) is 0 Å². The number of aromatic nitrogens is 1. The van der Waals surface area contributed by atoms with Crippen molar-refractivity contribution in [2.75, 3.05) is 16.8 Å². The first kappa shape index (κ1) is 20.9. The number of hydrogen-bond donors (Lipinski definition) is 1. The molecule has 5 rings (SSSR count). The first-order valence-corrected chi connectivity index (χ1v) is 11.3. The first-order valence-electron chi connectivity index (χ1n) is 10.4. The fourth-order valence-electron chi connectivity index (χ4n) is 3.67. The van der Waals surface area contributed by atoms with E-state index in [0.29, 0.717) is 34.4 Å². The molecule has 2 aromatic heterocycles. The maximum atomic E-state index is 12.8. The number of amides is 3. The molecule has 1 fully saturated rings. The molecule has 2 aromatic carbocycles. The number of ether oxygens (including phenoxy) is 1. The third-order valence-corrected chi connectivity index (χ3v) is 5.95. The lowest BCUT2D eigenvalue weighted by molar-refractivity contribution is -0.121. The maximum absolute atomic E-state index is 12.8. The summed E-state index contributed by atoms with van der Waals surface area (Å²) in [6, 6.07) is 13.9. The Balaban J connectivity index is 1.33. The van der Waals surface area contributed by atoms with Crippen molar-refractivity contribution in [1.29, 1.82) is 0 Å². The highest BCUT2D eigenvalue weighted by molar-refractivity contribution is 7.14. The summed E-state index contributed by atoms with van der Waals surface area (Å²) in [7, 11) is 0. The molecule has 3 heterocycles. The van der Waals surface area contributed by atoms with Gasteiger partial charge in [0.05, 0.1) is 12.3 Å². The standard InChI is InChI=1S/C24H19N3O5S/c1-2-31-17-6-7-19-15(11-17)12-20(32-19)18-13-33-24(25-18)26-23(30)14-4-3-5-16(10-14)27-21(28)8-9-22(27)29/h3-7,10-13H,2,8-9H2,1H3,(H,25,26,30). The van der Waals surface area contributed by atoms with Crippen molar-refractivity contribution >= 4 is 50.8 Å². The van der Waals surface area contributed by atoms with E-state index in [0.717, 1.165) is 21.6 Å². The number of carbonyl (C=O) groups excluding carboxylic acids is 3. The molecule has 33 heavy (non-hydrogen) atoms. The Hall–Kier alpha value is -3.98. The van der Waals surface area contributed by atoms with E-state index >= 15 is 0 Å². The van der Waals surface area contributed by atoms with Gasteiger partial charge in [0.25, 0.3) is 5.91 Å². The van der Waals surface area contributed by atoms with Gasteiger partial charge in [-0.1, -0.05) is 6.07 Å². The van der Waals surface area contributed by atoms with Gasteiger partial charge in [-0.15, -0.1) is 11.3 Å². The van der Waals surface area contributed by atoms with E-state index in [2.05, 4.69) is 10.3 Å². The maximum Gasteiger partial charge on any atom is 0.257 e. The van der Waals surface area contributed by atoms with Gasteiger partial charge in [-0.05, 0) is 49.4 Å². The van der Waals surface area contributed by atoms with E-state index in [1.54, 1.807) is 23.6 Å². The molecule has 8 nitrogen and oxygen atoms in total. The number of nitrogens with zero attached hydrogens (tertiary/aromatic N) is 2. The topological polar surface area (TPSA) is 102 Å². The minimum atomic E-state index is -0.386. The Morgan fingerprint density at radius 1 is 1.15 bits per heavy atom. The number of imide groups is 1. The minimum Gasteiger partial charge on any atom is -0.494 e. The van der Waals surface area contributed by atoms with E-state index in [-0.39, 0.29) is 30.6 Å². The van der Waals surface area contributed by atoms with E-state index in [4.69, 9.17) is 9.15 Å². The zero-order valence-corrected chi connectivity index (χ0v) is 18.5. The zero-order chi connectivity index (χ0) is 22.9. The Morgan fingerprint density at radius 3 is 2.76 bits per heavy atom. The van der Waals surface area contributed by atoms with Crippen LogP contribution in [-0.4, -0.2) is 29.3 Å². The SMILES string of the molecule is CCOc1ccc2oc(-c3csc(NC(=O)c4cccc(N5C(=O)CCC5=O)c4)n3)cc2c1. The molecular weight excluding hydrogens is 442 g/mol. The van der Waals surface area contributed by atoms with Gasteiger partial charge in [0.1, 0.15) is 17.0 Å². The average molecular weight is 461 g/mol. The number of thiazole rings is 1. The molecule has 0 bridgehead atoms. The number of benzene rings is 2. The van der Waals surface area contributed by atoms with Crippen LogP contribution < -0.4 is 15.0 Å². The lowest BCUT2D eigenvalue weighted by atomic mass is 10.2. The van der Waals surface area contributed by atoms with Crippen LogP contribution in [0.5, 0.6) is 5.75 Å². The Labute approximate surface area is 192 Å². The number of carbonyl (C=O) groups is 3. The highest BCUT2D eigenvalue weighted by atomic mass is 32.1. The summed E-state index contributed by atoms with van der Waals surface area (Å²) < 4.78 is 11.4. The fraction of sp³-hybridized carbons (Fsp3) is 0.167. The molecule has 4 aromatic rings. The van der Waals surface area contributed by atoms with Crippen LogP contribution in [0.1, 0.15) is 30.1 Å². The summed E-state index contributed by atoms with van der Waals surface area (Å²) in [6.45, 7) is 2.51. The molecule has 166 valence electrons. The van der Waals surface area contributed by atoms with Crippen LogP contribution in [0.15, 0.2) is 58.3 Å². The lowest BCUT2D eigenvalue weighted by Gasteiger charge is -2.14. The van der Waals surface area contributed by atoms with E-state index in [9.17, 15) is 14.4 Å². The predicted octanol–water partition coefficient (Wildman–Crippen LogP) is 4.86. The quantitative estimate of drug-likeness (QED) is 0.412. The first-order chi connectivity index (χ1) is 16.0. The normalized spacial score (nSPS) is 13.7. The molecule has 0 unspecified atom stereocenters. The second-order valence-electron chi connectivity index (χ2n) is 7.41. The minimum absolute atomic E-state index is 0.186. The van der Waals surface area contributed by atoms with E-state index < -0.39 is 0 Å². The number of furan rings is 1. The summed E-state index contributed by atoms with van der Waals surface area (Å²) in [5, 5.41) is 5.87. The average Bonchev–Trinajstić information content (AvgIpc) is 3.52. The van der Waals surface area contributed by atoms with Crippen molar-refractivity contribution in [2.24, 2.45) is 0 Å². The van der Waals surface area contributed by atoms with Crippen LogP contribution in [0.3, 0.4) is 0 Å². The predicted molar refractivity (Wildman–Crippen MR) is 125 cm³/mol. The van der Waals surface area contributed by atoms with Crippen molar-refractivity contribution < 1.29 is 23.5 Å². The highest BCUT2D eigenvalue weighted by Gasteiger charge is 2.30. The smallest absolute Gasteiger partial charge is 0.257 e. The number of fused-ring (bicyclic) bond motifs is 1. The highest BCUT2D eigenvalue weighted by Crippen LogP contribution is 2.32. The largest absolute Gasteiger partial charge is 0.494 e. The van der Waals surface area contributed by atoms with Crippen LogP contribution in [-0.2, 0) is 9.59 Å². The lowest BCUT2D eigenvalue weighted by Crippen LogP contribution is -2.28. The third-order valence-electron chi connectivity index (χ3n) is 5.19. The molecule has 0 spiro atoms. The Morgan fingerprint density at radius 2 is 1.97 bits per heavy atom. The van der Waals surface area contributed by atoms with Gasteiger partial charge in [-0.25, -0.2) is 4.98 Å². The summed E-state index contributed by atoms with van der Waals surface area (Å²) in [5.41, 5.74) is 2.04. The van der Waals surface area contributed by atoms with Gasteiger partial charge in [0.2, 0.25) is 11.8 Å². The molecule has 0 aliphatic carbocycles. The van der Waals surface area contributed by atoms with Crippen molar-refractivity contribution in [3.05, 3.63) is 59.5 Å². The monoisotopic (exact) mass is 461 g/mol. The molecule has 1 aliphatic heterocycles. The van der Waals surface area contributed by atoms with E-state index in [1.165, 1.54) is 17.4 Å². The Bertz CT molecular complexity index is 1370. The van der Waals surface area contributed by atoms with Gasteiger partial charge in [0.15, 0.2) is 10.9 Å². The van der Waals surface area contributed by atoms with Crippen molar-refractivity contribution in [1.82, 2.24) is 4.98 Å². The molecular formula is C24H19N3O5S. The van der Waals surface area contributed by atoms with Crippen molar-refractivity contribution in [2.45, 2.75) is 19.8 Å². The molecule has 1 N–H and O–H groups in total. The van der Waals surface area contributed by atoms with E-state index in [1.807, 2.05) is 31.2 Å². The van der Waals surface area contributed by atoms with Gasteiger partial charge in [-0.3, -0.25) is 24.6 Å². The molecule has 3 amide bonds. The van der Waals surface area contributed by atoms with Gasteiger partial charge in [0, 0.05) is 29.2 Å². The Kier molecular flexibility index (Phi) is 5.39. The molecule has 0 radical (unpaired) electrons. The van der Waals surface area contributed by atoms with Gasteiger partial charge in [-0.2, -0.15) is 0 Å². The zero-order valence-electron chi connectivity index (χ0n) is 17.7. The van der Waals surface area contributed by atoms with Gasteiger partial charge < -0.3 is 9.15 Å². The summed E-state index contributed by atoms with van der Waals surface area (Å²) in [4.78, 5) is 42.3. The number of rotatable bonds is 6.